The summed E-state index contributed by atoms with van der Waals surface area (Å²) in [4.78, 5) is 12.0. The molecule has 0 fully saturated rings. The summed E-state index contributed by atoms with van der Waals surface area (Å²) in [6, 6.07) is 18.0. The van der Waals surface area contributed by atoms with Gasteiger partial charge in [0.25, 0.3) is 5.91 Å². The summed E-state index contributed by atoms with van der Waals surface area (Å²) < 4.78 is 0. The van der Waals surface area contributed by atoms with Crippen molar-refractivity contribution in [3.63, 3.8) is 0 Å². The van der Waals surface area contributed by atoms with Crippen LogP contribution in [0.2, 0.25) is 0 Å². The Morgan fingerprint density at radius 1 is 1.00 bits per heavy atom. The largest absolute Gasteiger partial charge is 0.352 e. The van der Waals surface area contributed by atoms with Crippen LogP contribution in [0.3, 0.4) is 0 Å². The van der Waals surface area contributed by atoms with E-state index in [-0.39, 0.29) is 5.91 Å². The fourth-order valence-electron chi connectivity index (χ4n) is 1.99. The zero-order chi connectivity index (χ0) is 14.2. The van der Waals surface area contributed by atoms with Crippen LogP contribution in [0.5, 0.6) is 0 Å². The van der Waals surface area contributed by atoms with Crippen LogP contribution in [0.4, 0.5) is 0 Å². The van der Waals surface area contributed by atoms with Crippen molar-refractivity contribution in [3.8, 4) is 0 Å². The van der Waals surface area contributed by atoms with Gasteiger partial charge in [-0.1, -0.05) is 42.5 Å². The van der Waals surface area contributed by atoms with Crippen LogP contribution in [0.15, 0.2) is 54.6 Å². The van der Waals surface area contributed by atoms with Gasteiger partial charge in [-0.2, -0.15) is 11.8 Å². The highest BCUT2D eigenvalue weighted by Crippen LogP contribution is 2.10. The zero-order valence-electron chi connectivity index (χ0n) is 11.6. The summed E-state index contributed by atoms with van der Waals surface area (Å²) in [7, 11) is 0. The molecule has 0 bridgehead atoms. The summed E-state index contributed by atoms with van der Waals surface area (Å²) in [5.74, 6) is 0.979. The predicted octanol–water partition coefficient (Wildman–Crippen LogP) is 3.52. The van der Waals surface area contributed by atoms with Crippen molar-refractivity contribution in [2.24, 2.45) is 0 Å². The van der Waals surface area contributed by atoms with Crippen molar-refractivity contribution < 1.29 is 4.79 Å². The Kier molecular flexibility index (Phi) is 5.69. The molecule has 0 aliphatic heterocycles. The van der Waals surface area contributed by atoms with Gasteiger partial charge in [0.15, 0.2) is 0 Å². The third-order valence-electron chi connectivity index (χ3n) is 3.07. The Bertz CT molecular complexity index is 537. The first kappa shape index (κ1) is 14.7. The molecule has 104 valence electrons. The minimum absolute atomic E-state index is 0.00312. The molecule has 2 aromatic rings. The molecule has 0 saturated carbocycles. The fourth-order valence-corrected chi connectivity index (χ4v) is 2.51. The second-order valence-electron chi connectivity index (χ2n) is 4.62. The maximum Gasteiger partial charge on any atom is 0.251 e. The predicted molar refractivity (Wildman–Crippen MR) is 86.1 cm³/mol. The molecule has 0 unspecified atom stereocenters. The van der Waals surface area contributed by atoms with E-state index in [2.05, 4.69) is 23.7 Å². The summed E-state index contributed by atoms with van der Waals surface area (Å²) in [6.45, 7) is 0.662. The second-order valence-corrected chi connectivity index (χ2v) is 5.49. The summed E-state index contributed by atoms with van der Waals surface area (Å²) >= 11 is 1.78. The van der Waals surface area contributed by atoms with Gasteiger partial charge in [-0.15, -0.1) is 0 Å². The van der Waals surface area contributed by atoms with Gasteiger partial charge in [-0.05, 0) is 35.9 Å². The first-order chi connectivity index (χ1) is 9.79. The highest BCUT2D eigenvalue weighted by Gasteiger charge is 2.04. The Morgan fingerprint density at radius 2 is 1.70 bits per heavy atom. The Labute approximate surface area is 124 Å². The third-order valence-corrected chi connectivity index (χ3v) is 3.69. The van der Waals surface area contributed by atoms with Crippen LogP contribution < -0.4 is 5.32 Å². The number of thioether (sulfide) groups is 1. The standard InChI is InChI=1S/C17H19NOS/c1-20-13-15-7-9-16(10-8-15)17(19)18-12-11-14-5-3-2-4-6-14/h2-10H,11-13H2,1H3,(H,18,19). The lowest BCUT2D eigenvalue weighted by atomic mass is 10.1. The first-order valence-electron chi connectivity index (χ1n) is 6.69. The highest BCUT2D eigenvalue weighted by molar-refractivity contribution is 7.97. The minimum atomic E-state index is -0.00312. The van der Waals surface area contributed by atoms with E-state index >= 15 is 0 Å². The average Bonchev–Trinajstić information content (AvgIpc) is 2.49. The van der Waals surface area contributed by atoms with Crippen LogP contribution in [-0.2, 0) is 12.2 Å². The van der Waals surface area contributed by atoms with Crippen molar-refractivity contribution >= 4 is 17.7 Å². The Balaban J connectivity index is 1.82. The number of rotatable bonds is 6. The summed E-state index contributed by atoms with van der Waals surface area (Å²) in [5.41, 5.74) is 3.21. The topological polar surface area (TPSA) is 29.1 Å². The van der Waals surface area contributed by atoms with Crippen molar-refractivity contribution in [2.75, 3.05) is 12.8 Å². The number of benzene rings is 2. The van der Waals surface area contributed by atoms with Gasteiger partial charge < -0.3 is 5.32 Å². The van der Waals surface area contributed by atoms with Crippen molar-refractivity contribution in [1.82, 2.24) is 5.32 Å². The smallest absolute Gasteiger partial charge is 0.251 e. The lowest BCUT2D eigenvalue weighted by Crippen LogP contribution is -2.25. The molecule has 0 heterocycles. The molecule has 20 heavy (non-hydrogen) atoms. The molecular weight excluding hydrogens is 266 g/mol. The van der Waals surface area contributed by atoms with Gasteiger partial charge in [0, 0.05) is 17.9 Å². The van der Waals surface area contributed by atoms with E-state index in [1.807, 2.05) is 42.5 Å². The molecule has 1 N–H and O–H groups in total. The van der Waals surface area contributed by atoms with Gasteiger partial charge in [-0.3, -0.25) is 4.79 Å². The van der Waals surface area contributed by atoms with E-state index in [0.717, 1.165) is 17.7 Å². The number of carbonyl (C=O) groups excluding carboxylic acids is 1. The van der Waals surface area contributed by atoms with Crippen LogP contribution in [-0.4, -0.2) is 18.7 Å². The Morgan fingerprint density at radius 3 is 2.35 bits per heavy atom. The van der Waals surface area contributed by atoms with Crippen molar-refractivity contribution in [1.29, 1.82) is 0 Å². The van der Waals surface area contributed by atoms with Gasteiger partial charge >= 0.3 is 0 Å². The van der Waals surface area contributed by atoms with Crippen LogP contribution in [0.25, 0.3) is 0 Å². The monoisotopic (exact) mass is 285 g/mol. The molecule has 0 aromatic heterocycles. The molecule has 2 rings (SSSR count). The van der Waals surface area contributed by atoms with E-state index in [1.165, 1.54) is 11.1 Å². The van der Waals surface area contributed by atoms with Gasteiger partial charge in [0.1, 0.15) is 0 Å². The molecule has 0 aliphatic rings. The quantitative estimate of drug-likeness (QED) is 0.880. The van der Waals surface area contributed by atoms with Crippen LogP contribution in [0, 0.1) is 0 Å². The fraction of sp³-hybridized carbons (Fsp3) is 0.235. The van der Waals surface area contributed by atoms with Gasteiger partial charge in [0.2, 0.25) is 0 Å². The maximum absolute atomic E-state index is 12.0. The van der Waals surface area contributed by atoms with Gasteiger partial charge in [0.05, 0.1) is 0 Å². The maximum atomic E-state index is 12.0. The molecule has 0 aliphatic carbocycles. The van der Waals surface area contributed by atoms with Crippen LogP contribution >= 0.6 is 11.8 Å². The van der Waals surface area contributed by atoms with E-state index < -0.39 is 0 Å². The lowest BCUT2D eigenvalue weighted by molar-refractivity contribution is 0.0954. The van der Waals surface area contributed by atoms with Gasteiger partial charge in [-0.25, -0.2) is 0 Å². The van der Waals surface area contributed by atoms with Crippen molar-refractivity contribution in [3.05, 3.63) is 71.3 Å². The van der Waals surface area contributed by atoms with Crippen LogP contribution in [0.1, 0.15) is 21.5 Å². The highest BCUT2D eigenvalue weighted by atomic mass is 32.2. The average molecular weight is 285 g/mol. The van der Waals surface area contributed by atoms with E-state index in [1.54, 1.807) is 11.8 Å². The molecule has 3 heteroatoms. The number of carbonyl (C=O) groups is 1. The first-order valence-corrected chi connectivity index (χ1v) is 8.09. The SMILES string of the molecule is CSCc1ccc(C(=O)NCCc2ccccc2)cc1. The number of hydrogen-bond acceptors (Lipinski definition) is 2. The molecule has 0 radical (unpaired) electrons. The van der Waals surface area contributed by atoms with Crippen molar-refractivity contribution in [2.45, 2.75) is 12.2 Å². The molecule has 0 spiro atoms. The van der Waals surface area contributed by atoms with E-state index in [0.29, 0.717) is 6.54 Å². The number of nitrogens with one attached hydrogen (secondary N) is 1. The van der Waals surface area contributed by atoms with E-state index in [9.17, 15) is 4.79 Å². The summed E-state index contributed by atoms with van der Waals surface area (Å²) in [6.07, 6.45) is 2.93. The Hall–Kier alpha value is -1.74. The number of amides is 1. The minimum Gasteiger partial charge on any atom is -0.352 e. The lowest BCUT2D eigenvalue weighted by Gasteiger charge is -2.06. The second kappa shape index (κ2) is 7.75. The summed E-state index contributed by atoms with van der Waals surface area (Å²) in [5, 5.41) is 2.95. The molecule has 1 amide bonds. The molecule has 0 saturated heterocycles. The molecular formula is C17H19NOS. The number of hydrogen-bond donors (Lipinski definition) is 1. The molecule has 2 nitrogen and oxygen atoms in total. The van der Waals surface area contributed by atoms with E-state index in [4.69, 9.17) is 0 Å². The molecule has 0 atom stereocenters. The third kappa shape index (κ3) is 4.42. The molecule has 2 aromatic carbocycles. The zero-order valence-corrected chi connectivity index (χ0v) is 12.5. The normalized spacial score (nSPS) is 10.2.